The lowest BCUT2D eigenvalue weighted by Gasteiger charge is -2.16. The van der Waals surface area contributed by atoms with Crippen LogP contribution in [0.2, 0.25) is 0 Å². The van der Waals surface area contributed by atoms with Gasteiger partial charge in [0.15, 0.2) is 0 Å². The zero-order chi connectivity index (χ0) is 11.8. The number of para-hydroxylation sites is 1. The third-order valence-corrected chi connectivity index (χ3v) is 2.60. The number of hydrogen-bond donors (Lipinski definition) is 1. The van der Waals surface area contributed by atoms with Crippen LogP contribution >= 0.6 is 0 Å². The van der Waals surface area contributed by atoms with E-state index in [9.17, 15) is 0 Å². The number of allylic oxidation sites excluding steroid dienone is 1. The van der Waals surface area contributed by atoms with Crippen LogP contribution in [0.15, 0.2) is 36.4 Å². The molecule has 0 amide bonds. The lowest BCUT2D eigenvalue weighted by Crippen LogP contribution is -2.19. The van der Waals surface area contributed by atoms with Gasteiger partial charge in [-0.15, -0.1) is 0 Å². The summed E-state index contributed by atoms with van der Waals surface area (Å²) < 4.78 is 5.34. The van der Waals surface area contributed by atoms with Crippen molar-refractivity contribution < 1.29 is 4.74 Å². The highest BCUT2D eigenvalue weighted by Crippen LogP contribution is 2.23. The van der Waals surface area contributed by atoms with E-state index in [2.05, 4.69) is 30.5 Å². The Balaban J connectivity index is 2.54. The smallest absolute Gasteiger partial charge is 0.123 e. The molecule has 0 saturated carbocycles. The average molecular weight is 219 g/mol. The summed E-state index contributed by atoms with van der Waals surface area (Å²) in [7, 11) is 1.71. The molecule has 0 aliphatic carbocycles. The van der Waals surface area contributed by atoms with Crippen molar-refractivity contribution in [3.05, 3.63) is 42.0 Å². The van der Waals surface area contributed by atoms with Gasteiger partial charge in [0.2, 0.25) is 0 Å². The summed E-state index contributed by atoms with van der Waals surface area (Å²) in [6.45, 7) is 5.20. The van der Waals surface area contributed by atoms with Crippen LogP contribution in [0.3, 0.4) is 0 Å². The van der Waals surface area contributed by atoms with E-state index in [4.69, 9.17) is 4.74 Å². The SMILES string of the molecule is C/C=C/CCNC(C)c1ccccc1OC. The maximum atomic E-state index is 5.34. The molecule has 1 atom stereocenters. The Labute approximate surface area is 98.3 Å². The van der Waals surface area contributed by atoms with Crippen molar-refractivity contribution >= 4 is 0 Å². The predicted molar refractivity (Wildman–Crippen MR) is 68.8 cm³/mol. The molecule has 16 heavy (non-hydrogen) atoms. The van der Waals surface area contributed by atoms with Crippen molar-refractivity contribution in [2.75, 3.05) is 13.7 Å². The molecule has 0 aliphatic rings. The second-order valence-corrected chi connectivity index (χ2v) is 3.78. The molecule has 0 aliphatic heterocycles. The van der Waals surface area contributed by atoms with E-state index in [1.807, 2.05) is 25.1 Å². The van der Waals surface area contributed by atoms with Gasteiger partial charge in [0.05, 0.1) is 7.11 Å². The Morgan fingerprint density at radius 3 is 2.81 bits per heavy atom. The zero-order valence-corrected chi connectivity index (χ0v) is 10.4. The summed E-state index contributed by atoms with van der Waals surface area (Å²) in [6, 6.07) is 8.46. The van der Waals surface area contributed by atoms with Crippen molar-refractivity contribution in [1.29, 1.82) is 0 Å². The molecule has 0 spiro atoms. The molecule has 0 fully saturated rings. The van der Waals surface area contributed by atoms with E-state index in [1.165, 1.54) is 5.56 Å². The molecular formula is C14H21NO. The molecule has 1 N–H and O–H groups in total. The first-order chi connectivity index (χ1) is 7.79. The van der Waals surface area contributed by atoms with Gasteiger partial charge in [0.25, 0.3) is 0 Å². The highest BCUT2D eigenvalue weighted by molar-refractivity contribution is 5.35. The molecule has 2 nitrogen and oxygen atoms in total. The van der Waals surface area contributed by atoms with E-state index < -0.39 is 0 Å². The van der Waals surface area contributed by atoms with Gasteiger partial charge < -0.3 is 10.1 Å². The molecule has 0 radical (unpaired) electrons. The summed E-state index contributed by atoms with van der Waals surface area (Å²) in [5.41, 5.74) is 1.21. The highest BCUT2D eigenvalue weighted by atomic mass is 16.5. The number of ether oxygens (including phenoxy) is 1. The minimum Gasteiger partial charge on any atom is -0.496 e. The quantitative estimate of drug-likeness (QED) is 0.585. The van der Waals surface area contributed by atoms with Crippen LogP contribution in [-0.2, 0) is 0 Å². The van der Waals surface area contributed by atoms with Crippen molar-refractivity contribution in [2.45, 2.75) is 26.3 Å². The normalized spacial score (nSPS) is 12.9. The van der Waals surface area contributed by atoms with Crippen molar-refractivity contribution in [3.63, 3.8) is 0 Å². The summed E-state index contributed by atoms with van der Waals surface area (Å²) in [6.07, 6.45) is 5.31. The monoisotopic (exact) mass is 219 g/mol. The molecule has 0 saturated heterocycles. The summed E-state index contributed by atoms with van der Waals surface area (Å²) in [5, 5.41) is 3.48. The summed E-state index contributed by atoms with van der Waals surface area (Å²) in [4.78, 5) is 0. The lowest BCUT2D eigenvalue weighted by atomic mass is 10.1. The van der Waals surface area contributed by atoms with Gasteiger partial charge in [-0.3, -0.25) is 0 Å². The van der Waals surface area contributed by atoms with Crippen LogP contribution in [0.4, 0.5) is 0 Å². The van der Waals surface area contributed by atoms with Crippen LogP contribution in [0.1, 0.15) is 31.9 Å². The molecular weight excluding hydrogens is 198 g/mol. The third kappa shape index (κ3) is 3.70. The molecule has 1 rings (SSSR count). The van der Waals surface area contributed by atoms with Crippen molar-refractivity contribution in [1.82, 2.24) is 5.32 Å². The van der Waals surface area contributed by atoms with Crippen LogP contribution < -0.4 is 10.1 Å². The first kappa shape index (κ1) is 12.8. The van der Waals surface area contributed by atoms with Crippen LogP contribution in [-0.4, -0.2) is 13.7 Å². The second kappa shape index (κ2) is 7.07. The lowest BCUT2D eigenvalue weighted by molar-refractivity contribution is 0.402. The van der Waals surface area contributed by atoms with Gasteiger partial charge in [-0.25, -0.2) is 0 Å². The van der Waals surface area contributed by atoms with Crippen LogP contribution in [0, 0.1) is 0 Å². The molecule has 0 bridgehead atoms. The number of nitrogens with one attached hydrogen (secondary N) is 1. The minimum atomic E-state index is 0.321. The largest absolute Gasteiger partial charge is 0.496 e. The summed E-state index contributed by atoms with van der Waals surface area (Å²) in [5.74, 6) is 0.952. The van der Waals surface area contributed by atoms with Crippen molar-refractivity contribution in [2.24, 2.45) is 0 Å². The van der Waals surface area contributed by atoms with Gasteiger partial charge in [0.1, 0.15) is 5.75 Å². The molecule has 1 aromatic carbocycles. The number of methoxy groups -OCH3 is 1. The molecule has 1 aromatic rings. The van der Waals surface area contributed by atoms with E-state index in [-0.39, 0.29) is 0 Å². The molecule has 1 unspecified atom stereocenters. The molecule has 0 aromatic heterocycles. The Morgan fingerprint density at radius 1 is 1.38 bits per heavy atom. The van der Waals surface area contributed by atoms with Crippen LogP contribution in [0.5, 0.6) is 5.75 Å². The predicted octanol–water partition coefficient (Wildman–Crippen LogP) is 3.31. The fourth-order valence-corrected chi connectivity index (χ4v) is 1.68. The topological polar surface area (TPSA) is 21.3 Å². The maximum absolute atomic E-state index is 5.34. The van der Waals surface area contributed by atoms with Crippen LogP contribution in [0.25, 0.3) is 0 Å². The maximum Gasteiger partial charge on any atom is 0.123 e. The van der Waals surface area contributed by atoms with Crippen molar-refractivity contribution in [3.8, 4) is 5.75 Å². The van der Waals surface area contributed by atoms with E-state index in [0.717, 1.165) is 18.7 Å². The second-order valence-electron chi connectivity index (χ2n) is 3.78. The fourth-order valence-electron chi connectivity index (χ4n) is 1.68. The zero-order valence-electron chi connectivity index (χ0n) is 10.4. The third-order valence-electron chi connectivity index (χ3n) is 2.60. The van der Waals surface area contributed by atoms with Gasteiger partial charge in [-0.1, -0.05) is 30.4 Å². The Morgan fingerprint density at radius 2 is 2.12 bits per heavy atom. The average Bonchev–Trinajstić information content (AvgIpc) is 2.34. The molecule has 88 valence electrons. The van der Waals surface area contributed by atoms with E-state index >= 15 is 0 Å². The van der Waals surface area contributed by atoms with E-state index in [0.29, 0.717) is 6.04 Å². The number of benzene rings is 1. The van der Waals surface area contributed by atoms with Gasteiger partial charge in [0, 0.05) is 11.6 Å². The highest BCUT2D eigenvalue weighted by Gasteiger charge is 2.08. The standard InChI is InChI=1S/C14H21NO/c1-4-5-8-11-15-12(2)13-9-6-7-10-14(13)16-3/h4-7,9-10,12,15H,8,11H2,1-3H3/b5-4+. The summed E-state index contributed by atoms with van der Waals surface area (Å²) >= 11 is 0. The van der Waals surface area contributed by atoms with Gasteiger partial charge in [-0.2, -0.15) is 0 Å². The first-order valence-corrected chi connectivity index (χ1v) is 5.77. The number of hydrogen-bond acceptors (Lipinski definition) is 2. The minimum absolute atomic E-state index is 0.321. The fraction of sp³-hybridized carbons (Fsp3) is 0.429. The van der Waals surface area contributed by atoms with Gasteiger partial charge >= 0.3 is 0 Å². The molecule has 0 heterocycles. The van der Waals surface area contributed by atoms with Gasteiger partial charge in [-0.05, 0) is 32.9 Å². The number of rotatable bonds is 6. The Hall–Kier alpha value is -1.28. The Bertz CT molecular complexity index is 333. The molecule has 2 heteroatoms. The van der Waals surface area contributed by atoms with E-state index in [1.54, 1.807) is 7.11 Å². The first-order valence-electron chi connectivity index (χ1n) is 5.77. The Kier molecular flexibility index (Phi) is 5.65.